The van der Waals surface area contributed by atoms with E-state index in [1.807, 2.05) is 51.1 Å². The topological polar surface area (TPSA) is 135 Å². The second-order valence-electron chi connectivity index (χ2n) is 11.8. The van der Waals surface area contributed by atoms with E-state index in [0.29, 0.717) is 44.1 Å². The number of benzene rings is 1. The van der Waals surface area contributed by atoms with Crippen molar-refractivity contribution in [2.45, 2.75) is 69.5 Å². The Bertz CT molecular complexity index is 1330. The first-order valence-corrected chi connectivity index (χ1v) is 15.4. The highest BCUT2D eigenvalue weighted by atomic mass is 32.2. The molecule has 2 bridgehead atoms. The van der Waals surface area contributed by atoms with Gasteiger partial charge in [-0.1, -0.05) is 30.3 Å². The number of nitrogens with zero attached hydrogens (tertiary/aromatic N) is 6. The smallest absolute Gasteiger partial charge is 0.410 e. The second kappa shape index (κ2) is 11.7. The van der Waals surface area contributed by atoms with Crippen molar-refractivity contribution in [1.29, 1.82) is 5.26 Å². The standard InChI is InChI=1S/C29H36N6O5S/c1-29(2,3)40-28(37)35-16-20-14-22-24(23(35)15-20)31-26(41(4)38)32-25(22)33-12-13-34(21(17-33)10-11-30)27(36)39-18-19-8-6-5-7-9-19/h5-9,20-21,23H,10,12-18H2,1-4H3/t20-,21-,23-,41?/m0/s1. The molecular weight excluding hydrogens is 544 g/mol. The van der Waals surface area contributed by atoms with Crippen LogP contribution in [0.3, 0.4) is 0 Å². The molecule has 3 heterocycles. The molecule has 11 nitrogen and oxygen atoms in total. The highest BCUT2D eigenvalue weighted by Gasteiger charge is 2.46. The van der Waals surface area contributed by atoms with E-state index in [1.54, 1.807) is 9.80 Å². The highest BCUT2D eigenvalue weighted by molar-refractivity contribution is 7.90. The van der Waals surface area contributed by atoms with Crippen LogP contribution < -0.4 is 4.90 Å². The number of carbonyl (C=O) groups is 2. The maximum atomic E-state index is 13.1. The fourth-order valence-corrected chi connectivity index (χ4v) is 6.28. The van der Waals surface area contributed by atoms with Gasteiger partial charge in [-0.05, 0) is 45.1 Å². The fourth-order valence-electron chi connectivity index (χ4n) is 5.84. The van der Waals surface area contributed by atoms with E-state index in [-0.39, 0.29) is 36.2 Å². The maximum absolute atomic E-state index is 13.1. The van der Waals surface area contributed by atoms with Crippen molar-refractivity contribution in [3.8, 4) is 6.07 Å². The predicted octanol–water partition coefficient (Wildman–Crippen LogP) is 3.81. The van der Waals surface area contributed by atoms with Crippen LogP contribution in [0, 0.1) is 17.2 Å². The van der Waals surface area contributed by atoms with Gasteiger partial charge in [-0.3, -0.25) is 4.90 Å². The lowest BCUT2D eigenvalue weighted by atomic mass is 9.87. The van der Waals surface area contributed by atoms with Gasteiger partial charge < -0.3 is 23.8 Å². The molecule has 1 aromatic heterocycles. The number of piperazine rings is 1. The van der Waals surface area contributed by atoms with Crippen LogP contribution in [0.2, 0.25) is 0 Å². The van der Waals surface area contributed by atoms with E-state index < -0.39 is 28.9 Å². The van der Waals surface area contributed by atoms with Gasteiger partial charge >= 0.3 is 17.3 Å². The molecule has 4 atom stereocenters. The average Bonchev–Trinajstić information content (AvgIpc) is 3.28. The Hall–Kier alpha value is -3.56. The summed E-state index contributed by atoms with van der Waals surface area (Å²) in [5.41, 5.74) is 1.91. The van der Waals surface area contributed by atoms with E-state index in [1.165, 1.54) is 6.26 Å². The number of anilines is 1. The quantitative estimate of drug-likeness (QED) is 0.382. The molecule has 0 radical (unpaired) electrons. The lowest BCUT2D eigenvalue weighted by Crippen LogP contribution is -2.55. The largest absolute Gasteiger partial charge is 0.609 e. The van der Waals surface area contributed by atoms with E-state index in [4.69, 9.17) is 19.4 Å². The minimum Gasteiger partial charge on any atom is -0.609 e. The van der Waals surface area contributed by atoms with Gasteiger partial charge in [-0.15, -0.1) is 0 Å². The minimum atomic E-state index is -1.45. The molecule has 0 spiro atoms. The molecule has 2 aliphatic heterocycles. The molecule has 3 aliphatic rings. The van der Waals surface area contributed by atoms with E-state index >= 15 is 0 Å². The molecule has 1 aromatic carbocycles. The average molecular weight is 581 g/mol. The number of hydrogen-bond acceptors (Lipinski definition) is 9. The van der Waals surface area contributed by atoms with Crippen molar-refractivity contribution >= 4 is 29.2 Å². The van der Waals surface area contributed by atoms with Crippen LogP contribution >= 0.6 is 0 Å². The van der Waals surface area contributed by atoms with Gasteiger partial charge in [0.15, 0.2) is 0 Å². The summed E-state index contributed by atoms with van der Waals surface area (Å²) in [4.78, 5) is 41.0. The number of likely N-dealkylation sites (tertiary alicyclic amines) is 1. The van der Waals surface area contributed by atoms with Crippen LogP contribution in [0.1, 0.15) is 56.5 Å². The highest BCUT2D eigenvalue weighted by Crippen LogP contribution is 2.46. The summed E-state index contributed by atoms with van der Waals surface area (Å²) in [7, 11) is 0. The van der Waals surface area contributed by atoms with Crippen LogP contribution in [0.4, 0.5) is 15.4 Å². The van der Waals surface area contributed by atoms with Crippen molar-refractivity contribution in [3.05, 3.63) is 47.2 Å². The number of rotatable bonds is 5. The zero-order chi connectivity index (χ0) is 29.3. The van der Waals surface area contributed by atoms with Gasteiger partial charge in [-0.2, -0.15) is 15.2 Å². The summed E-state index contributed by atoms with van der Waals surface area (Å²) in [5, 5.41) is 9.77. The molecular formula is C29H36N6O5S. The number of hydrogen-bond donors (Lipinski definition) is 0. The molecule has 0 N–H and O–H groups in total. The fraction of sp³-hybridized carbons (Fsp3) is 0.552. The minimum absolute atomic E-state index is 0.133. The van der Waals surface area contributed by atoms with Gasteiger partial charge in [0, 0.05) is 42.9 Å². The number of ether oxygens (including phenoxy) is 2. The monoisotopic (exact) mass is 580 g/mol. The van der Waals surface area contributed by atoms with Crippen molar-refractivity contribution in [2.75, 3.05) is 37.3 Å². The summed E-state index contributed by atoms with van der Waals surface area (Å²) in [6, 6.07) is 11.0. The van der Waals surface area contributed by atoms with Crippen molar-refractivity contribution in [3.63, 3.8) is 0 Å². The first-order chi connectivity index (χ1) is 19.5. The van der Waals surface area contributed by atoms with Crippen LogP contribution in [-0.2, 0) is 33.7 Å². The van der Waals surface area contributed by atoms with Crippen molar-refractivity contribution < 1.29 is 23.6 Å². The lowest BCUT2D eigenvalue weighted by Gasteiger charge is -2.41. The Morgan fingerprint density at radius 1 is 1.12 bits per heavy atom. The normalized spacial score (nSPS) is 22.5. The zero-order valence-corrected chi connectivity index (χ0v) is 24.7. The SMILES string of the molecule is C[S+]([O-])c1nc2c(c(N3CCN(C(=O)OCc4ccccc4)[C@@H](CC#N)C3)n1)C[C@H]1C[C@@H]2N(C(=O)OC(C)(C)C)C1. The number of carbonyl (C=O) groups excluding carboxylic acids is 2. The molecule has 12 heteroatoms. The molecule has 2 aromatic rings. The molecule has 218 valence electrons. The van der Waals surface area contributed by atoms with Crippen LogP contribution in [0.25, 0.3) is 0 Å². The first kappa shape index (κ1) is 29.0. The van der Waals surface area contributed by atoms with Gasteiger partial charge in [0.2, 0.25) is 0 Å². The summed E-state index contributed by atoms with van der Waals surface area (Å²) >= 11 is -1.45. The Labute approximate surface area is 243 Å². The molecule has 2 amide bonds. The van der Waals surface area contributed by atoms with Gasteiger partial charge in [0.25, 0.3) is 0 Å². The summed E-state index contributed by atoms with van der Waals surface area (Å²) in [5.74, 6) is 0.894. The van der Waals surface area contributed by atoms with Crippen LogP contribution in [0.15, 0.2) is 35.5 Å². The van der Waals surface area contributed by atoms with Gasteiger partial charge in [0.05, 0.1) is 30.3 Å². The number of aromatic nitrogens is 2. The summed E-state index contributed by atoms with van der Waals surface area (Å²) in [6.45, 7) is 7.42. The van der Waals surface area contributed by atoms with Gasteiger partial charge in [0.1, 0.15) is 24.3 Å². The van der Waals surface area contributed by atoms with Crippen molar-refractivity contribution in [2.24, 2.45) is 5.92 Å². The molecule has 2 saturated heterocycles. The van der Waals surface area contributed by atoms with E-state index in [9.17, 15) is 19.4 Å². The molecule has 1 unspecified atom stereocenters. The predicted molar refractivity (Wildman–Crippen MR) is 151 cm³/mol. The summed E-state index contributed by atoms with van der Waals surface area (Å²) in [6.07, 6.45) is 2.27. The Balaban J connectivity index is 1.39. The van der Waals surface area contributed by atoms with E-state index in [0.717, 1.165) is 17.5 Å². The molecule has 41 heavy (non-hydrogen) atoms. The van der Waals surface area contributed by atoms with E-state index in [2.05, 4.69) is 11.0 Å². The van der Waals surface area contributed by atoms with Crippen LogP contribution in [-0.4, -0.2) is 80.6 Å². The molecule has 5 rings (SSSR count). The van der Waals surface area contributed by atoms with Crippen LogP contribution in [0.5, 0.6) is 0 Å². The maximum Gasteiger partial charge on any atom is 0.410 e. The lowest BCUT2D eigenvalue weighted by molar-refractivity contribution is 0.0219. The molecule has 2 fully saturated rings. The van der Waals surface area contributed by atoms with Crippen molar-refractivity contribution in [1.82, 2.24) is 19.8 Å². The summed E-state index contributed by atoms with van der Waals surface area (Å²) < 4.78 is 23.9. The number of amides is 2. The van der Waals surface area contributed by atoms with Gasteiger partial charge in [-0.25, -0.2) is 9.59 Å². The number of fused-ring (bicyclic) bond motifs is 4. The molecule has 1 aliphatic carbocycles. The number of nitriles is 1. The second-order valence-corrected chi connectivity index (χ2v) is 13.1. The zero-order valence-electron chi connectivity index (χ0n) is 23.9. The Morgan fingerprint density at radius 2 is 1.88 bits per heavy atom. The third-order valence-electron chi connectivity index (χ3n) is 7.63. The molecule has 0 saturated carbocycles. The third kappa shape index (κ3) is 6.36. The third-order valence-corrected chi connectivity index (χ3v) is 8.32. The first-order valence-electron chi connectivity index (χ1n) is 13.9. The Kier molecular flexibility index (Phi) is 8.29. The Morgan fingerprint density at radius 3 is 2.56 bits per heavy atom.